The van der Waals surface area contributed by atoms with Crippen molar-refractivity contribution in [1.82, 2.24) is 19.8 Å². The molecular formula is C21H26N4O2. The summed E-state index contributed by atoms with van der Waals surface area (Å²) in [4.78, 5) is 2.50. The SMILES string of the molecule is COc1ccc(-c2cc(C3CCCCCN3Cc3cnn(C)c3)on2)cc1. The Kier molecular flexibility index (Phi) is 5.25. The van der Waals surface area contributed by atoms with Crippen LogP contribution in [0.3, 0.4) is 0 Å². The molecule has 1 unspecified atom stereocenters. The van der Waals surface area contributed by atoms with E-state index < -0.39 is 0 Å². The van der Waals surface area contributed by atoms with E-state index >= 15 is 0 Å². The Morgan fingerprint density at radius 1 is 1.19 bits per heavy atom. The maximum atomic E-state index is 5.80. The minimum Gasteiger partial charge on any atom is -0.497 e. The average Bonchev–Trinajstić information content (AvgIpc) is 3.27. The number of hydrogen-bond donors (Lipinski definition) is 0. The summed E-state index contributed by atoms with van der Waals surface area (Å²) in [5.41, 5.74) is 3.15. The Hall–Kier alpha value is -2.60. The van der Waals surface area contributed by atoms with Gasteiger partial charge in [0, 0.05) is 37.0 Å². The number of benzene rings is 1. The maximum absolute atomic E-state index is 5.80. The topological polar surface area (TPSA) is 56.3 Å². The lowest BCUT2D eigenvalue weighted by Crippen LogP contribution is -2.27. The fraction of sp³-hybridized carbons (Fsp3) is 0.429. The maximum Gasteiger partial charge on any atom is 0.154 e. The van der Waals surface area contributed by atoms with Crippen molar-refractivity contribution in [3.05, 3.63) is 54.0 Å². The lowest BCUT2D eigenvalue weighted by molar-refractivity contribution is 0.160. The predicted octanol–water partition coefficient (Wildman–Crippen LogP) is 4.20. The molecule has 0 saturated carbocycles. The third-order valence-electron chi connectivity index (χ3n) is 5.25. The van der Waals surface area contributed by atoms with Crippen LogP contribution in [0.4, 0.5) is 0 Å². The quantitative estimate of drug-likeness (QED) is 0.677. The van der Waals surface area contributed by atoms with Crippen LogP contribution in [0.1, 0.15) is 43.0 Å². The summed E-state index contributed by atoms with van der Waals surface area (Å²) < 4.78 is 12.9. The second-order valence-corrected chi connectivity index (χ2v) is 7.20. The summed E-state index contributed by atoms with van der Waals surface area (Å²) in [6, 6.07) is 10.3. The van der Waals surface area contributed by atoms with Gasteiger partial charge in [0.05, 0.1) is 19.3 Å². The monoisotopic (exact) mass is 366 g/mol. The molecule has 142 valence electrons. The number of hydrogen-bond acceptors (Lipinski definition) is 5. The first-order valence-electron chi connectivity index (χ1n) is 9.55. The van der Waals surface area contributed by atoms with Crippen molar-refractivity contribution in [2.24, 2.45) is 7.05 Å². The second kappa shape index (κ2) is 7.96. The molecule has 2 aromatic heterocycles. The highest BCUT2D eigenvalue weighted by Crippen LogP contribution is 2.33. The van der Waals surface area contributed by atoms with Gasteiger partial charge in [-0.3, -0.25) is 9.58 Å². The molecule has 0 bridgehead atoms. The van der Waals surface area contributed by atoms with Crippen molar-refractivity contribution in [3.63, 3.8) is 0 Å². The molecule has 1 aliphatic rings. The molecule has 1 aliphatic heterocycles. The first kappa shape index (κ1) is 17.8. The molecule has 1 atom stereocenters. The Labute approximate surface area is 159 Å². The summed E-state index contributed by atoms with van der Waals surface area (Å²) in [5.74, 6) is 1.79. The molecule has 1 fully saturated rings. The van der Waals surface area contributed by atoms with Gasteiger partial charge in [0.2, 0.25) is 0 Å². The Morgan fingerprint density at radius 2 is 2.04 bits per heavy atom. The van der Waals surface area contributed by atoms with Crippen molar-refractivity contribution in [1.29, 1.82) is 0 Å². The lowest BCUT2D eigenvalue weighted by Gasteiger charge is -2.27. The molecule has 3 aromatic rings. The molecule has 6 nitrogen and oxygen atoms in total. The van der Waals surface area contributed by atoms with E-state index in [2.05, 4.69) is 27.4 Å². The molecule has 4 rings (SSSR count). The molecule has 1 saturated heterocycles. The van der Waals surface area contributed by atoms with Gasteiger partial charge in [0.15, 0.2) is 5.76 Å². The van der Waals surface area contributed by atoms with Gasteiger partial charge in [-0.1, -0.05) is 18.0 Å². The molecular weight excluding hydrogens is 340 g/mol. The van der Waals surface area contributed by atoms with E-state index in [1.165, 1.54) is 24.8 Å². The van der Waals surface area contributed by atoms with E-state index in [9.17, 15) is 0 Å². The Bertz CT molecular complexity index is 868. The molecule has 1 aromatic carbocycles. The third kappa shape index (κ3) is 4.06. The largest absolute Gasteiger partial charge is 0.497 e. The van der Waals surface area contributed by atoms with Crippen molar-refractivity contribution in [2.45, 2.75) is 38.3 Å². The van der Waals surface area contributed by atoms with Crippen LogP contribution in [0.25, 0.3) is 11.3 Å². The van der Waals surface area contributed by atoms with Gasteiger partial charge >= 0.3 is 0 Å². The van der Waals surface area contributed by atoms with Crippen LogP contribution in [0.15, 0.2) is 47.2 Å². The van der Waals surface area contributed by atoms with Gasteiger partial charge in [-0.05, 0) is 43.7 Å². The molecule has 3 heterocycles. The van der Waals surface area contributed by atoms with Crippen LogP contribution < -0.4 is 4.74 Å². The van der Waals surface area contributed by atoms with Gasteiger partial charge in [-0.25, -0.2) is 0 Å². The predicted molar refractivity (Wildman–Crippen MR) is 103 cm³/mol. The van der Waals surface area contributed by atoms with E-state index in [1.807, 2.05) is 42.2 Å². The second-order valence-electron chi connectivity index (χ2n) is 7.20. The number of nitrogens with zero attached hydrogens (tertiary/aromatic N) is 4. The number of ether oxygens (including phenoxy) is 1. The minimum absolute atomic E-state index is 0.257. The number of methoxy groups -OCH3 is 1. The molecule has 0 radical (unpaired) electrons. The summed E-state index contributed by atoms with van der Waals surface area (Å²) in [6.45, 7) is 1.95. The highest BCUT2D eigenvalue weighted by Gasteiger charge is 2.26. The lowest BCUT2D eigenvalue weighted by atomic mass is 10.1. The van der Waals surface area contributed by atoms with Crippen LogP contribution in [-0.4, -0.2) is 33.5 Å². The van der Waals surface area contributed by atoms with E-state index in [-0.39, 0.29) is 6.04 Å². The zero-order valence-corrected chi connectivity index (χ0v) is 16.0. The third-order valence-corrected chi connectivity index (χ3v) is 5.25. The van der Waals surface area contributed by atoms with Crippen LogP contribution in [-0.2, 0) is 13.6 Å². The average molecular weight is 366 g/mol. The Balaban J connectivity index is 1.56. The standard InChI is InChI=1S/C21H26N4O2/c1-24-14-16(13-22-24)15-25-11-5-3-4-6-20(25)21-12-19(23-27-21)17-7-9-18(26-2)10-8-17/h7-10,12-14,20H,3-6,11,15H2,1-2H3. The van der Waals surface area contributed by atoms with Crippen LogP contribution in [0, 0.1) is 0 Å². The zero-order chi connectivity index (χ0) is 18.6. The molecule has 6 heteroatoms. The normalized spacial score (nSPS) is 18.4. The van der Waals surface area contributed by atoms with Gasteiger partial charge in [-0.15, -0.1) is 0 Å². The van der Waals surface area contributed by atoms with Gasteiger partial charge in [-0.2, -0.15) is 5.10 Å². The molecule has 0 spiro atoms. The summed E-state index contributed by atoms with van der Waals surface area (Å²) in [5, 5.41) is 8.64. The molecule has 27 heavy (non-hydrogen) atoms. The fourth-order valence-electron chi connectivity index (χ4n) is 3.81. The zero-order valence-electron chi connectivity index (χ0n) is 16.0. The van der Waals surface area contributed by atoms with Gasteiger partial charge < -0.3 is 9.26 Å². The summed E-state index contributed by atoms with van der Waals surface area (Å²) >= 11 is 0. The summed E-state index contributed by atoms with van der Waals surface area (Å²) in [7, 11) is 3.63. The highest BCUT2D eigenvalue weighted by molar-refractivity contribution is 5.60. The van der Waals surface area contributed by atoms with Crippen LogP contribution in [0.5, 0.6) is 5.75 Å². The van der Waals surface area contributed by atoms with E-state index in [0.717, 1.165) is 42.3 Å². The highest BCUT2D eigenvalue weighted by atomic mass is 16.5. The smallest absolute Gasteiger partial charge is 0.154 e. The van der Waals surface area contributed by atoms with Crippen LogP contribution in [0.2, 0.25) is 0 Å². The molecule has 0 amide bonds. The molecule has 0 aliphatic carbocycles. The fourth-order valence-corrected chi connectivity index (χ4v) is 3.81. The van der Waals surface area contributed by atoms with E-state index in [4.69, 9.17) is 9.26 Å². The van der Waals surface area contributed by atoms with E-state index in [1.54, 1.807) is 7.11 Å². The van der Waals surface area contributed by atoms with Crippen molar-refractivity contribution < 1.29 is 9.26 Å². The summed E-state index contributed by atoms with van der Waals surface area (Å²) in [6.07, 6.45) is 8.83. The minimum atomic E-state index is 0.257. The number of aromatic nitrogens is 3. The Morgan fingerprint density at radius 3 is 2.78 bits per heavy atom. The number of likely N-dealkylation sites (tertiary alicyclic amines) is 1. The van der Waals surface area contributed by atoms with Crippen molar-refractivity contribution in [2.75, 3.05) is 13.7 Å². The van der Waals surface area contributed by atoms with Crippen LogP contribution >= 0.6 is 0 Å². The van der Waals surface area contributed by atoms with E-state index in [0.29, 0.717) is 0 Å². The molecule has 0 N–H and O–H groups in total. The first-order chi connectivity index (χ1) is 13.2. The van der Waals surface area contributed by atoms with Gasteiger partial charge in [0.1, 0.15) is 11.4 Å². The first-order valence-corrected chi connectivity index (χ1v) is 9.55. The van der Waals surface area contributed by atoms with Crippen molar-refractivity contribution >= 4 is 0 Å². The number of aryl methyl sites for hydroxylation is 1. The van der Waals surface area contributed by atoms with Crippen molar-refractivity contribution in [3.8, 4) is 17.0 Å². The number of rotatable bonds is 5. The van der Waals surface area contributed by atoms with Gasteiger partial charge in [0.25, 0.3) is 0 Å².